The summed E-state index contributed by atoms with van der Waals surface area (Å²) in [5, 5.41) is 10.8. The summed E-state index contributed by atoms with van der Waals surface area (Å²) in [5.74, 6) is 0.730. The Balaban J connectivity index is 1.69. The topological polar surface area (TPSA) is 58.1 Å². The van der Waals surface area contributed by atoms with E-state index in [1.807, 2.05) is 48.5 Å². The van der Waals surface area contributed by atoms with E-state index < -0.39 is 0 Å². The maximum atomic E-state index is 9.15. The molecule has 2 aromatic heterocycles. The number of para-hydroxylation sites is 1. The zero-order valence-electron chi connectivity index (χ0n) is 11.0. The molecule has 2 heterocycles. The number of rotatable bonds is 3. The number of thiazole rings is 1. The van der Waals surface area contributed by atoms with Crippen LogP contribution < -0.4 is 4.74 Å². The molecule has 4 nitrogen and oxygen atoms in total. The number of nitrogens with zero attached hydrogens (tertiary/aromatic N) is 1. The molecular weight excluding hydrogens is 284 g/mol. The van der Waals surface area contributed by atoms with E-state index in [2.05, 4.69) is 9.97 Å². The van der Waals surface area contributed by atoms with Crippen LogP contribution in [0.15, 0.2) is 48.5 Å². The normalized spacial score (nSPS) is 11.3. The summed E-state index contributed by atoms with van der Waals surface area (Å²) in [6, 6.07) is 15.7. The molecule has 0 bridgehead atoms. The number of fused-ring (bicyclic) bond motifs is 2. The van der Waals surface area contributed by atoms with E-state index in [0.29, 0.717) is 5.19 Å². The van der Waals surface area contributed by atoms with Gasteiger partial charge in [-0.3, -0.25) is 0 Å². The second kappa shape index (κ2) is 4.87. The molecule has 0 amide bonds. The molecule has 0 atom stereocenters. The average molecular weight is 296 g/mol. The fourth-order valence-electron chi connectivity index (χ4n) is 2.31. The molecule has 0 fully saturated rings. The van der Waals surface area contributed by atoms with Crippen molar-refractivity contribution in [1.82, 2.24) is 9.97 Å². The molecule has 0 saturated carbocycles. The first-order valence-electron chi connectivity index (χ1n) is 6.58. The Labute approximate surface area is 124 Å². The van der Waals surface area contributed by atoms with Crippen LogP contribution in [-0.4, -0.2) is 15.1 Å². The zero-order valence-corrected chi connectivity index (χ0v) is 11.9. The van der Waals surface area contributed by atoms with Crippen LogP contribution in [0.2, 0.25) is 0 Å². The maximum absolute atomic E-state index is 9.15. The largest absolute Gasteiger partial charge is 0.431 e. The Morgan fingerprint density at radius 1 is 1.14 bits per heavy atom. The van der Waals surface area contributed by atoms with Gasteiger partial charge in [0.05, 0.1) is 16.8 Å². The van der Waals surface area contributed by atoms with Gasteiger partial charge in [-0.2, -0.15) is 0 Å². The highest BCUT2D eigenvalue weighted by Gasteiger charge is 2.07. The van der Waals surface area contributed by atoms with Crippen LogP contribution in [0.3, 0.4) is 0 Å². The Hall–Kier alpha value is -2.37. The molecule has 4 rings (SSSR count). The van der Waals surface area contributed by atoms with Crippen molar-refractivity contribution < 1.29 is 9.84 Å². The molecule has 0 spiro atoms. The molecule has 104 valence electrons. The minimum atomic E-state index is 0.00272. The van der Waals surface area contributed by atoms with Gasteiger partial charge in [0.2, 0.25) is 0 Å². The molecule has 21 heavy (non-hydrogen) atoms. The summed E-state index contributed by atoms with van der Waals surface area (Å²) in [4.78, 5) is 7.61. The first-order valence-corrected chi connectivity index (χ1v) is 7.39. The number of aromatic amines is 1. The van der Waals surface area contributed by atoms with Crippen LogP contribution in [-0.2, 0) is 6.61 Å². The molecule has 5 heteroatoms. The fraction of sp³-hybridized carbons (Fsp3) is 0.0625. The standard InChI is InChI=1S/C16H12N2O2S/c19-9-11-7-10-5-6-12(8-14(10)17-11)20-16-18-13-3-1-2-4-15(13)21-16/h1-8,17,19H,9H2. The highest BCUT2D eigenvalue weighted by molar-refractivity contribution is 7.20. The van der Waals surface area contributed by atoms with Crippen LogP contribution in [0.1, 0.15) is 5.69 Å². The SMILES string of the molecule is OCc1cc2ccc(Oc3nc4ccccc4s3)cc2[nH]1. The van der Waals surface area contributed by atoms with Gasteiger partial charge in [-0.15, -0.1) is 0 Å². The van der Waals surface area contributed by atoms with Crippen LogP contribution in [0, 0.1) is 0 Å². The van der Waals surface area contributed by atoms with E-state index in [1.165, 1.54) is 11.3 Å². The molecule has 0 aliphatic carbocycles. The second-order valence-corrected chi connectivity index (χ2v) is 5.74. The lowest BCUT2D eigenvalue weighted by atomic mass is 10.2. The van der Waals surface area contributed by atoms with Gasteiger partial charge in [-0.05, 0) is 30.3 Å². The van der Waals surface area contributed by atoms with Gasteiger partial charge in [-0.25, -0.2) is 4.98 Å². The summed E-state index contributed by atoms with van der Waals surface area (Å²) in [5.41, 5.74) is 2.68. The Kier molecular flexibility index (Phi) is 2.87. The predicted molar refractivity (Wildman–Crippen MR) is 83.9 cm³/mol. The van der Waals surface area contributed by atoms with Gasteiger partial charge in [0.1, 0.15) is 5.75 Å². The van der Waals surface area contributed by atoms with E-state index in [9.17, 15) is 0 Å². The predicted octanol–water partition coefficient (Wildman–Crippen LogP) is 4.06. The fourth-order valence-corrected chi connectivity index (χ4v) is 3.15. The van der Waals surface area contributed by atoms with Crippen LogP contribution >= 0.6 is 11.3 Å². The Morgan fingerprint density at radius 3 is 2.90 bits per heavy atom. The monoisotopic (exact) mass is 296 g/mol. The number of aromatic nitrogens is 2. The van der Waals surface area contributed by atoms with E-state index in [1.54, 1.807) is 0 Å². The van der Waals surface area contributed by atoms with Gasteiger partial charge in [0, 0.05) is 22.7 Å². The third kappa shape index (κ3) is 2.26. The van der Waals surface area contributed by atoms with E-state index in [-0.39, 0.29) is 6.61 Å². The number of aliphatic hydroxyl groups excluding tert-OH is 1. The third-order valence-electron chi connectivity index (χ3n) is 3.30. The minimum Gasteiger partial charge on any atom is -0.431 e. The van der Waals surface area contributed by atoms with Gasteiger partial charge in [-0.1, -0.05) is 23.5 Å². The zero-order chi connectivity index (χ0) is 14.2. The molecule has 4 aromatic rings. The molecule has 0 unspecified atom stereocenters. The van der Waals surface area contributed by atoms with Crippen LogP contribution in [0.25, 0.3) is 21.1 Å². The third-order valence-corrected chi connectivity index (χ3v) is 4.21. The summed E-state index contributed by atoms with van der Waals surface area (Å²) >= 11 is 1.52. The Bertz CT molecular complexity index is 893. The molecule has 0 radical (unpaired) electrons. The van der Waals surface area contributed by atoms with Crippen molar-refractivity contribution >= 4 is 32.5 Å². The summed E-state index contributed by atoms with van der Waals surface area (Å²) in [6.07, 6.45) is 0. The molecule has 0 saturated heterocycles. The van der Waals surface area contributed by atoms with Crippen LogP contribution in [0.4, 0.5) is 0 Å². The quantitative estimate of drug-likeness (QED) is 0.599. The molecule has 0 aliphatic heterocycles. The average Bonchev–Trinajstić information content (AvgIpc) is 3.09. The van der Waals surface area contributed by atoms with Crippen molar-refractivity contribution in [3.63, 3.8) is 0 Å². The molecule has 2 aromatic carbocycles. The highest BCUT2D eigenvalue weighted by Crippen LogP contribution is 2.32. The number of H-pyrrole nitrogens is 1. The molecular formula is C16H12N2O2S. The lowest BCUT2D eigenvalue weighted by Gasteiger charge is -2.01. The lowest BCUT2D eigenvalue weighted by molar-refractivity contribution is 0.278. The number of benzene rings is 2. The number of aliphatic hydroxyl groups is 1. The van der Waals surface area contributed by atoms with Gasteiger partial charge >= 0.3 is 0 Å². The summed E-state index contributed by atoms with van der Waals surface area (Å²) < 4.78 is 6.95. The van der Waals surface area contributed by atoms with Gasteiger partial charge in [0.15, 0.2) is 0 Å². The van der Waals surface area contributed by atoms with E-state index in [0.717, 1.165) is 32.6 Å². The van der Waals surface area contributed by atoms with Crippen LogP contribution in [0.5, 0.6) is 10.9 Å². The maximum Gasteiger partial charge on any atom is 0.279 e. The summed E-state index contributed by atoms with van der Waals surface area (Å²) in [6.45, 7) is 0.00272. The van der Waals surface area contributed by atoms with Crippen molar-refractivity contribution in [2.75, 3.05) is 0 Å². The smallest absolute Gasteiger partial charge is 0.279 e. The van der Waals surface area contributed by atoms with Crippen molar-refractivity contribution in [2.45, 2.75) is 6.61 Å². The first kappa shape index (κ1) is 12.4. The number of ether oxygens (including phenoxy) is 1. The Morgan fingerprint density at radius 2 is 2.05 bits per heavy atom. The van der Waals surface area contributed by atoms with Crippen molar-refractivity contribution in [3.8, 4) is 10.9 Å². The van der Waals surface area contributed by atoms with E-state index in [4.69, 9.17) is 9.84 Å². The van der Waals surface area contributed by atoms with Crippen molar-refractivity contribution in [1.29, 1.82) is 0 Å². The van der Waals surface area contributed by atoms with Gasteiger partial charge in [0.25, 0.3) is 5.19 Å². The van der Waals surface area contributed by atoms with Crippen molar-refractivity contribution in [3.05, 3.63) is 54.2 Å². The number of hydrogen-bond acceptors (Lipinski definition) is 4. The number of hydrogen-bond donors (Lipinski definition) is 2. The summed E-state index contributed by atoms with van der Waals surface area (Å²) in [7, 11) is 0. The second-order valence-electron chi connectivity index (χ2n) is 4.75. The minimum absolute atomic E-state index is 0.00272. The molecule has 0 aliphatic rings. The highest BCUT2D eigenvalue weighted by atomic mass is 32.1. The number of nitrogens with one attached hydrogen (secondary N) is 1. The van der Waals surface area contributed by atoms with Crippen molar-refractivity contribution in [2.24, 2.45) is 0 Å². The molecule has 2 N–H and O–H groups in total. The van der Waals surface area contributed by atoms with Gasteiger partial charge < -0.3 is 14.8 Å². The first-order chi connectivity index (χ1) is 10.3. The lowest BCUT2D eigenvalue weighted by Crippen LogP contribution is -1.83. The van der Waals surface area contributed by atoms with E-state index >= 15 is 0 Å².